The summed E-state index contributed by atoms with van der Waals surface area (Å²) >= 11 is 2.05. The van der Waals surface area contributed by atoms with E-state index in [2.05, 4.69) is 27.4 Å². The highest BCUT2D eigenvalue weighted by molar-refractivity contribution is 7.99. The predicted octanol–water partition coefficient (Wildman–Crippen LogP) is 2.99. The van der Waals surface area contributed by atoms with Crippen LogP contribution in [0.3, 0.4) is 0 Å². The third-order valence-corrected chi connectivity index (χ3v) is 4.85. The Kier molecular flexibility index (Phi) is 2.18. The van der Waals surface area contributed by atoms with Crippen molar-refractivity contribution in [3.05, 3.63) is 24.2 Å². The molecule has 1 aliphatic carbocycles. The SMILES string of the molecule is c1cnc2c(c1)nc(C1CCSC1)n2C1CC1. The van der Waals surface area contributed by atoms with Crippen molar-refractivity contribution in [3.63, 3.8) is 0 Å². The molecule has 2 aromatic heterocycles. The molecule has 0 radical (unpaired) electrons. The highest BCUT2D eigenvalue weighted by Gasteiger charge is 2.32. The van der Waals surface area contributed by atoms with Crippen LogP contribution in [-0.2, 0) is 0 Å². The van der Waals surface area contributed by atoms with Crippen molar-refractivity contribution in [2.24, 2.45) is 0 Å². The summed E-state index contributed by atoms with van der Waals surface area (Å²) in [6, 6.07) is 4.75. The van der Waals surface area contributed by atoms with Gasteiger partial charge >= 0.3 is 0 Å². The third-order valence-electron chi connectivity index (χ3n) is 3.68. The molecule has 4 rings (SSSR count). The Labute approximate surface area is 105 Å². The lowest BCUT2D eigenvalue weighted by Gasteiger charge is -2.11. The van der Waals surface area contributed by atoms with Crippen LogP contribution < -0.4 is 0 Å². The molecule has 88 valence electrons. The average molecular weight is 245 g/mol. The molecule has 1 aliphatic heterocycles. The van der Waals surface area contributed by atoms with Gasteiger partial charge in [0.05, 0.1) is 0 Å². The van der Waals surface area contributed by atoms with Crippen LogP contribution in [-0.4, -0.2) is 26.0 Å². The highest BCUT2D eigenvalue weighted by Crippen LogP contribution is 2.42. The molecule has 0 bridgehead atoms. The summed E-state index contributed by atoms with van der Waals surface area (Å²) in [6.45, 7) is 0. The second-order valence-electron chi connectivity index (χ2n) is 4.98. The second-order valence-corrected chi connectivity index (χ2v) is 6.13. The van der Waals surface area contributed by atoms with Crippen molar-refractivity contribution in [1.29, 1.82) is 0 Å². The summed E-state index contributed by atoms with van der Waals surface area (Å²) in [5.41, 5.74) is 2.17. The molecule has 17 heavy (non-hydrogen) atoms. The molecular formula is C13H15N3S. The first kappa shape index (κ1) is 9.95. The van der Waals surface area contributed by atoms with Gasteiger partial charge in [0, 0.05) is 23.9 Å². The zero-order valence-corrected chi connectivity index (χ0v) is 10.5. The van der Waals surface area contributed by atoms with Crippen LogP contribution in [0.2, 0.25) is 0 Å². The van der Waals surface area contributed by atoms with Gasteiger partial charge in [-0.25, -0.2) is 9.97 Å². The van der Waals surface area contributed by atoms with Crippen molar-refractivity contribution in [2.45, 2.75) is 31.2 Å². The summed E-state index contributed by atoms with van der Waals surface area (Å²) in [7, 11) is 0. The molecule has 0 spiro atoms. The number of imidazole rings is 1. The Morgan fingerprint density at radius 1 is 1.29 bits per heavy atom. The normalized spacial score (nSPS) is 24.6. The van der Waals surface area contributed by atoms with E-state index in [4.69, 9.17) is 4.98 Å². The molecule has 0 N–H and O–H groups in total. The molecule has 2 aromatic rings. The minimum Gasteiger partial charge on any atom is -0.309 e. The number of hydrogen-bond donors (Lipinski definition) is 0. The fourth-order valence-corrected chi connectivity index (χ4v) is 3.88. The van der Waals surface area contributed by atoms with E-state index < -0.39 is 0 Å². The third kappa shape index (κ3) is 1.58. The number of rotatable bonds is 2. The Hall–Kier alpha value is -1.03. The van der Waals surface area contributed by atoms with Gasteiger partial charge in [-0.3, -0.25) is 0 Å². The first-order valence-corrected chi connectivity index (χ1v) is 7.49. The van der Waals surface area contributed by atoms with Crippen LogP contribution in [0.1, 0.15) is 37.0 Å². The molecule has 3 nitrogen and oxygen atoms in total. The molecule has 0 amide bonds. The molecule has 1 saturated carbocycles. The lowest BCUT2D eigenvalue weighted by molar-refractivity contribution is 0.627. The summed E-state index contributed by atoms with van der Waals surface area (Å²) in [6.07, 6.45) is 5.76. The Bertz CT molecular complexity index is 553. The van der Waals surface area contributed by atoms with Crippen LogP contribution in [0, 0.1) is 0 Å². The van der Waals surface area contributed by atoms with Crippen molar-refractivity contribution in [1.82, 2.24) is 14.5 Å². The molecule has 1 atom stereocenters. The standard InChI is InChI=1S/C13H15N3S/c1-2-11-13(14-6-1)16(10-3-4-10)12(15-11)9-5-7-17-8-9/h1-2,6,9-10H,3-5,7-8H2. The lowest BCUT2D eigenvalue weighted by atomic mass is 10.1. The minimum absolute atomic E-state index is 0.648. The fourth-order valence-electron chi connectivity index (χ4n) is 2.67. The van der Waals surface area contributed by atoms with E-state index in [9.17, 15) is 0 Å². The first-order valence-electron chi connectivity index (χ1n) is 6.34. The summed E-state index contributed by atoms with van der Waals surface area (Å²) in [5.74, 6) is 4.46. The Morgan fingerprint density at radius 2 is 2.24 bits per heavy atom. The van der Waals surface area contributed by atoms with Gasteiger partial charge in [-0.2, -0.15) is 11.8 Å². The molecule has 4 heteroatoms. The van der Waals surface area contributed by atoms with E-state index in [1.807, 2.05) is 12.3 Å². The molecule has 2 fully saturated rings. The topological polar surface area (TPSA) is 30.7 Å². The second kappa shape index (κ2) is 3.73. The number of fused-ring (bicyclic) bond motifs is 1. The van der Waals surface area contributed by atoms with Crippen molar-refractivity contribution >= 4 is 22.9 Å². The van der Waals surface area contributed by atoms with Crippen LogP contribution in [0.5, 0.6) is 0 Å². The number of pyridine rings is 1. The molecule has 1 unspecified atom stereocenters. The first-order chi connectivity index (χ1) is 8.43. The predicted molar refractivity (Wildman–Crippen MR) is 70.5 cm³/mol. The highest BCUT2D eigenvalue weighted by atomic mass is 32.2. The summed E-state index contributed by atoms with van der Waals surface area (Å²) in [5, 5.41) is 0. The number of nitrogens with zero attached hydrogens (tertiary/aromatic N) is 3. The van der Waals surface area contributed by atoms with Crippen LogP contribution >= 0.6 is 11.8 Å². The van der Waals surface area contributed by atoms with E-state index >= 15 is 0 Å². The van der Waals surface area contributed by atoms with Gasteiger partial charge in [0.2, 0.25) is 0 Å². The fraction of sp³-hybridized carbons (Fsp3) is 0.538. The van der Waals surface area contributed by atoms with Gasteiger partial charge in [0.1, 0.15) is 11.3 Å². The van der Waals surface area contributed by atoms with Crippen molar-refractivity contribution in [2.75, 3.05) is 11.5 Å². The monoisotopic (exact) mass is 245 g/mol. The van der Waals surface area contributed by atoms with Gasteiger partial charge in [-0.15, -0.1) is 0 Å². The van der Waals surface area contributed by atoms with Crippen molar-refractivity contribution in [3.8, 4) is 0 Å². The zero-order valence-electron chi connectivity index (χ0n) is 9.67. The minimum atomic E-state index is 0.648. The molecule has 0 aromatic carbocycles. The summed E-state index contributed by atoms with van der Waals surface area (Å²) < 4.78 is 2.42. The molecule has 1 saturated heterocycles. The Morgan fingerprint density at radius 3 is 3.00 bits per heavy atom. The van der Waals surface area contributed by atoms with Gasteiger partial charge < -0.3 is 4.57 Å². The van der Waals surface area contributed by atoms with E-state index in [-0.39, 0.29) is 0 Å². The molecule has 3 heterocycles. The van der Waals surface area contributed by atoms with Gasteiger partial charge in [0.25, 0.3) is 0 Å². The zero-order chi connectivity index (χ0) is 11.2. The van der Waals surface area contributed by atoms with E-state index in [0.717, 1.165) is 11.2 Å². The molecular weight excluding hydrogens is 230 g/mol. The maximum Gasteiger partial charge on any atom is 0.160 e. The van der Waals surface area contributed by atoms with E-state index in [1.54, 1.807) is 0 Å². The van der Waals surface area contributed by atoms with Crippen LogP contribution in [0.25, 0.3) is 11.2 Å². The maximum atomic E-state index is 4.84. The quantitative estimate of drug-likeness (QED) is 0.815. The van der Waals surface area contributed by atoms with Crippen LogP contribution in [0.4, 0.5) is 0 Å². The molecule has 2 aliphatic rings. The maximum absolute atomic E-state index is 4.84. The van der Waals surface area contributed by atoms with Gasteiger partial charge in [-0.05, 0) is 37.1 Å². The van der Waals surface area contributed by atoms with Crippen LogP contribution in [0.15, 0.2) is 18.3 Å². The van der Waals surface area contributed by atoms with E-state index in [0.29, 0.717) is 12.0 Å². The summed E-state index contributed by atoms with van der Waals surface area (Å²) in [4.78, 5) is 9.37. The van der Waals surface area contributed by atoms with E-state index in [1.165, 1.54) is 36.6 Å². The smallest absolute Gasteiger partial charge is 0.160 e. The average Bonchev–Trinajstić information content (AvgIpc) is 2.94. The largest absolute Gasteiger partial charge is 0.309 e. The number of aromatic nitrogens is 3. The van der Waals surface area contributed by atoms with Gasteiger partial charge in [-0.1, -0.05) is 0 Å². The van der Waals surface area contributed by atoms with Gasteiger partial charge in [0.15, 0.2) is 5.65 Å². The Balaban J connectivity index is 1.91. The number of thioether (sulfide) groups is 1. The van der Waals surface area contributed by atoms with Crippen molar-refractivity contribution < 1.29 is 0 Å². The lowest BCUT2D eigenvalue weighted by Crippen LogP contribution is -2.08. The number of hydrogen-bond acceptors (Lipinski definition) is 3.